The van der Waals surface area contributed by atoms with Crippen molar-refractivity contribution in [3.05, 3.63) is 93.1 Å². The van der Waals surface area contributed by atoms with Crippen LogP contribution in [0, 0.1) is 0 Å². The number of halogens is 1. The van der Waals surface area contributed by atoms with Crippen LogP contribution in [0.4, 0.5) is 0 Å². The fourth-order valence-corrected chi connectivity index (χ4v) is 3.92. The Balaban J connectivity index is 1.64. The van der Waals surface area contributed by atoms with E-state index in [1.165, 1.54) is 0 Å². The summed E-state index contributed by atoms with van der Waals surface area (Å²) < 4.78 is 0. The van der Waals surface area contributed by atoms with Crippen LogP contribution in [-0.4, -0.2) is 12.5 Å². The van der Waals surface area contributed by atoms with Crippen LogP contribution in [0.15, 0.2) is 72.1 Å². The molecule has 0 unspecified atom stereocenters. The van der Waals surface area contributed by atoms with Gasteiger partial charge < -0.3 is 10.6 Å². The van der Waals surface area contributed by atoms with Gasteiger partial charge in [0.15, 0.2) is 0 Å². The van der Waals surface area contributed by atoms with E-state index >= 15 is 0 Å². The number of benzene rings is 2. The first-order chi connectivity index (χ1) is 12.6. The summed E-state index contributed by atoms with van der Waals surface area (Å²) >= 11 is 7.87. The highest BCUT2D eigenvalue weighted by Crippen LogP contribution is 2.26. The van der Waals surface area contributed by atoms with Crippen molar-refractivity contribution < 1.29 is 4.79 Å². The van der Waals surface area contributed by atoms with E-state index in [2.05, 4.69) is 10.6 Å². The number of carbonyl (C=O) groups excluding carboxylic acids is 1. The molecule has 0 radical (unpaired) electrons. The van der Waals surface area contributed by atoms with Gasteiger partial charge >= 0.3 is 0 Å². The van der Waals surface area contributed by atoms with Gasteiger partial charge in [-0.2, -0.15) is 0 Å². The minimum atomic E-state index is -0.138. The van der Waals surface area contributed by atoms with Gasteiger partial charge in [0.25, 0.3) is 0 Å². The van der Waals surface area contributed by atoms with E-state index in [0.717, 1.165) is 16.0 Å². The zero-order valence-corrected chi connectivity index (χ0v) is 16.1. The molecule has 0 spiro atoms. The largest absolute Gasteiger partial charge is 0.343 e. The summed E-state index contributed by atoms with van der Waals surface area (Å²) in [5.74, 6) is -0.0499. The van der Waals surface area contributed by atoms with Crippen molar-refractivity contribution in [2.45, 2.75) is 19.0 Å². The number of hydrogen-bond donors (Lipinski definition) is 2. The van der Waals surface area contributed by atoms with Crippen molar-refractivity contribution >= 4 is 28.8 Å². The van der Waals surface area contributed by atoms with E-state index in [-0.39, 0.29) is 24.5 Å². The molecule has 0 bridgehead atoms. The first-order valence-corrected chi connectivity index (χ1v) is 9.76. The first-order valence-electron chi connectivity index (χ1n) is 8.50. The molecule has 1 aromatic heterocycles. The molecule has 1 amide bonds. The lowest BCUT2D eigenvalue weighted by Gasteiger charge is -2.20. The Morgan fingerprint density at radius 3 is 2.46 bits per heavy atom. The molecule has 1 heterocycles. The molecule has 26 heavy (non-hydrogen) atoms. The van der Waals surface area contributed by atoms with Crippen molar-refractivity contribution in [2.75, 3.05) is 6.54 Å². The Hall–Kier alpha value is -2.14. The summed E-state index contributed by atoms with van der Waals surface area (Å²) in [7, 11) is 0. The van der Waals surface area contributed by atoms with E-state index in [1.807, 2.05) is 79.0 Å². The molecule has 0 aliphatic heterocycles. The molecular formula is C21H21ClN2OS. The van der Waals surface area contributed by atoms with Crippen LogP contribution in [0.25, 0.3) is 0 Å². The third kappa shape index (κ3) is 4.73. The lowest BCUT2D eigenvalue weighted by Crippen LogP contribution is -2.37. The first kappa shape index (κ1) is 18.6. The maximum absolute atomic E-state index is 12.5. The van der Waals surface area contributed by atoms with Gasteiger partial charge in [-0.1, -0.05) is 66.2 Å². The summed E-state index contributed by atoms with van der Waals surface area (Å²) in [4.78, 5) is 13.7. The summed E-state index contributed by atoms with van der Waals surface area (Å²) in [5, 5.41) is 9.11. The second-order valence-electron chi connectivity index (χ2n) is 6.05. The fraction of sp³-hybridized carbons (Fsp3) is 0.190. The molecule has 0 saturated heterocycles. The summed E-state index contributed by atoms with van der Waals surface area (Å²) in [6.07, 6.45) is 0. The van der Waals surface area contributed by atoms with Gasteiger partial charge in [0.1, 0.15) is 0 Å². The molecule has 3 rings (SSSR count). The van der Waals surface area contributed by atoms with Crippen LogP contribution < -0.4 is 10.6 Å². The Labute approximate surface area is 163 Å². The van der Waals surface area contributed by atoms with E-state index in [9.17, 15) is 4.79 Å². The predicted octanol–water partition coefficient (Wildman–Crippen LogP) is 4.96. The minimum Gasteiger partial charge on any atom is -0.343 e. The molecule has 3 aromatic rings. The monoisotopic (exact) mass is 384 g/mol. The predicted molar refractivity (Wildman–Crippen MR) is 109 cm³/mol. The standard InChI is InChI=1S/C21H21ClN2OS/c1-15(17-10-5-6-11-18(17)22)23-14-20(25)24-21(19-12-7-13-26-19)16-8-3-2-4-9-16/h2-13,15,21,23H,14H2,1H3,(H,24,25)/t15-,21-/m0/s1. The van der Waals surface area contributed by atoms with Crippen LogP contribution >= 0.6 is 22.9 Å². The SMILES string of the molecule is C[C@H](NCC(=O)N[C@@H](c1ccccc1)c1cccs1)c1ccccc1Cl. The highest BCUT2D eigenvalue weighted by atomic mass is 35.5. The Morgan fingerprint density at radius 1 is 1.04 bits per heavy atom. The Bertz CT molecular complexity index is 836. The Morgan fingerprint density at radius 2 is 1.77 bits per heavy atom. The summed E-state index contributed by atoms with van der Waals surface area (Å²) in [6, 6.07) is 21.6. The second-order valence-corrected chi connectivity index (χ2v) is 7.44. The summed E-state index contributed by atoms with van der Waals surface area (Å²) in [5.41, 5.74) is 2.06. The van der Waals surface area contributed by atoms with E-state index in [0.29, 0.717) is 5.02 Å². The number of amides is 1. The van der Waals surface area contributed by atoms with Gasteiger partial charge in [0.2, 0.25) is 5.91 Å². The van der Waals surface area contributed by atoms with Crippen molar-refractivity contribution in [1.82, 2.24) is 10.6 Å². The van der Waals surface area contributed by atoms with Crippen LogP contribution in [-0.2, 0) is 4.79 Å². The van der Waals surface area contributed by atoms with Gasteiger partial charge in [-0.3, -0.25) is 4.79 Å². The van der Waals surface area contributed by atoms with Gasteiger partial charge in [0, 0.05) is 15.9 Å². The fourth-order valence-electron chi connectivity index (χ4n) is 2.81. The van der Waals surface area contributed by atoms with Crippen LogP contribution in [0.3, 0.4) is 0 Å². The number of hydrogen-bond acceptors (Lipinski definition) is 3. The third-order valence-electron chi connectivity index (χ3n) is 4.21. The number of thiophene rings is 1. The molecule has 2 aromatic carbocycles. The van der Waals surface area contributed by atoms with Crippen molar-refractivity contribution in [3.8, 4) is 0 Å². The quantitative estimate of drug-likeness (QED) is 0.604. The molecule has 5 heteroatoms. The van der Waals surface area contributed by atoms with E-state index in [4.69, 9.17) is 11.6 Å². The zero-order valence-electron chi connectivity index (χ0n) is 14.5. The van der Waals surface area contributed by atoms with E-state index < -0.39 is 0 Å². The van der Waals surface area contributed by atoms with Crippen LogP contribution in [0.1, 0.15) is 35.0 Å². The highest BCUT2D eigenvalue weighted by molar-refractivity contribution is 7.10. The maximum atomic E-state index is 12.5. The molecule has 134 valence electrons. The zero-order chi connectivity index (χ0) is 18.4. The molecule has 0 aliphatic carbocycles. The average Bonchev–Trinajstić information content (AvgIpc) is 3.19. The topological polar surface area (TPSA) is 41.1 Å². The van der Waals surface area contributed by atoms with Gasteiger partial charge in [-0.15, -0.1) is 11.3 Å². The van der Waals surface area contributed by atoms with E-state index in [1.54, 1.807) is 11.3 Å². The molecule has 0 aliphatic rings. The minimum absolute atomic E-state index is 0.00800. The van der Waals surface area contributed by atoms with Crippen molar-refractivity contribution in [3.63, 3.8) is 0 Å². The lowest BCUT2D eigenvalue weighted by atomic mass is 10.1. The van der Waals surface area contributed by atoms with Crippen LogP contribution in [0.5, 0.6) is 0 Å². The average molecular weight is 385 g/mol. The van der Waals surface area contributed by atoms with Gasteiger partial charge in [-0.25, -0.2) is 0 Å². The van der Waals surface area contributed by atoms with Crippen molar-refractivity contribution in [1.29, 1.82) is 0 Å². The number of nitrogens with one attached hydrogen (secondary N) is 2. The smallest absolute Gasteiger partial charge is 0.234 e. The maximum Gasteiger partial charge on any atom is 0.234 e. The molecule has 3 nitrogen and oxygen atoms in total. The lowest BCUT2D eigenvalue weighted by molar-refractivity contribution is -0.120. The number of carbonyl (C=O) groups is 1. The molecule has 0 saturated carbocycles. The normalized spacial score (nSPS) is 13.2. The third-order valence-corrected chi connectivity index (χ3v) is 5.49. The Kier molecular flexibility index (Phi) is 6.45. The highest BCUT2D eigenvalue weighted by Gasteiger charge is 2.18. The van der Waals surface area contributed by atoms with Gasteiger partial charge in [0.05, 0.1) is 12.6 Å². The van der Waals surface area contributed by atoms with Crippen LogP contribution in [0.2, 0.25) is 5.02 Å². The number of rotatable bonds is 7. The molecule has 2 atom stereocenters. The second kappa shape index (κ2) is 8.99. The molecule has 2 N–H and O–H groups in total. The summed E-state index contributed by atoms with van der Waals surface area (Å²) in [6.45, 7) is 2.23. The van der Waals surface area contributed by atoms with Gasteiger partial charge in [-0.05, 0) is 35.6 Å². The van der Waals surface area contributed by atoms with Crippen molar-refractivity contribution in [2.24, 2.45) is 0 Å². The molecule has 0 fully saturated rings. The molecular weight excluding hydrogens is 364 g/mol.